The smallest absolute Gasteiger partial charge is 0.240 e. The summed E-state index contributed by atoms with van der Waals surface area (Å²) < 4.78 is 0. The Morgan fingerprint density at radius 2 is 1.96 bits per heavy atom. The Bertz CT molecular complexity index is 1030. The number of hydrogen-bond acceptors (Lipinski definition) is 5. The lowest BCUT2D eigenvalue weighted by molar-refractivity contribution is -0.119. The molecule has 1 aliphatic heterocycles. The summed E-state index contributed by atoms with van der Waals surface area (Å²) in [5.41, 5.74) is 7.98. The zero-order valence-electron chi connectivity index (χ0n) is 15.3. The van der Waals surface area contributed by atoms with E-state index in [0.717, 1.165) is 46.4 Å². The lowest BCUT2D eigenvalue weighted by Crippen LogP contribution is -2.45. The molecule has 2 fully saturated rings. The second kappa shape index (κ2) is 7.01. The molecule has 7 heteroatoms. The van der Waals surface area contributed by atoms with Gasteiger partial charge >= 0.3 is 0 Å². The van der Waals surface area contributed by atoms with Gasteiger partial charge in [-0.05, 0) is 42.9 Å². The summed E-state index contributed by atoms with van der Waals surface area (Å²) >= 11 is 7.67. The molecule has 2 N–H and O–H groups in total. The van der Waals surface area contributed by atoms with Crippen molar-refractivity contribution in [3.8, 4) is 11.1 Å². The maximum Gasteiger partial charge on any atom is 0.240 e. The third-order valence-corrected chi connectivity index (χ3v) is 7.30. The van der Waals surface area contributed by atoms with E-state index >= 15 is 0 Å². The first-order chi connectivity index (χ1) is 13.6. The molecule has 28 heavy (non-hydrogen) atoms. The molecule has 1 aromatic carbocycles. The molecule has 3 atom stereocenters. The Morgan fingerprint density at radius 1 is 1.18 bits per heavy atom. The third-order valence-electron chi connectivity index (χ3n) is 6.17. The largest absolute Gasteiger partial charge is 0.368 e. The molecule has 2 aliphatic rings. The Hall–Kier alpha value is -2.18. The van der Waals surface area contributed by atoms with Gasteiger partial charge < -0.3 is 10.6 Å². The molecular formula is C21H21ClN4OS. The number of anilines is 1. The molecule has 0 unspecified atom stereocenters. The highest BCUT2D eigenvalue weighted by Crippen LogP contribution is 2.46. The van der Waals surface area contributed by atoms with Gasteiger partial charge in [0.15, 0.2) is 0 Å². The highest BCUT2D eigenvalue weighted by Gasteiger charge is 2.45. The molecule has 0 spiro atoms. The average molecular weight is 413 g/mol. The van der Waals surface area contributed by atoms with E-state index in [2.05, 4.69) is 20.2 Å². The van der Waals surface area contributed by atoms with Gasteiger partial charge in [-0.25, -0.2) is 9.97 Å². The standard InChI is InChI=1S/C21H21ClN4OS/c22-14-7-5-12(6-8-14)15-10-28-21-18(15)20(24-11-25-21)26-16-4-2-1-3-13(16)9-17(26)19(23)27/h5-8,10-11,13,16-17H,1-4,9H2,(H2,23,27)/t13-,16-,17-/m0/s1. The van der Waals surface area contributed by atoms with Crippen LogP contribution in [0.4, 0.5) is 5.82 Å². The van der Waals surface area contributed by atoms with Crippen LogP contribution in [0.5, 0.6) is 0 Å². The molecule has 2 aromatic heterocycles. The second-order valence-corrected chi connectivity index (χ2v) is 9.00. The molecule has 3 aromatic rings. The summed E-state index contributed by atoms with van der Waals surface area (Å²) in [7, 11) is 0. The van der Waals surface area contributed by atoms with Crippen LogP contribution in [0.2, 0.25) is 5.02 Å². The number of fused-ring (bicyclic) bond motifs is 2. The van der Waals surface area contributed by atoms with Crippen molar-refractivity contribution >= 4 is 44.9 Å². The van der Waals surface area contributed by atoms with E-state index in [0.29, 0.717) is 17.0 Å². The van der Waals surface area contributed by atoms with E-state index in [1.165, 1.54) is 12.8 Å². The molecule has 5 rings (SSSR count). The average Bonchev–Trinajstić information content (AvgIpc) is 3.30. The number of nitrogens with two attached hydrogens (primary N) is 1. The van der Waals surface area contributed by atoms with E-state index < -0.39 is 0 Å². The lowest BCUT2D eigenvalue weighted by atomic mass is 9.84. The van der Waals surface area contributed by atoms with Crippen LogP contribution in [-0.4, -0.2) is 28.0 Å². The van der Waals surface area contributed by atoms with Crippen LogP contribution in [0.25, 0.3) is 21.3 Å². The van der Waals surface area contributed by atoms with Crippen molar-refractivity contribution in [2.24, 2.45) is 11.7 Å². The zero-order valence-corrected chi connectivity index (χ0v) is 16.9. The fourth-order valence-corrected chi connectivity index (χ4v) is 5.95. The predicted octanol–water partition coefficient (Wildman–Crippen LogP) is 4.63. The third kappa shape index (κ3) is 2.86. The maximum absolute atomic E-state index is 12.3. The summed E-state index contributed by atoms with van der Waals surface area (Å²) in [6.45, 7) is 0. The van der Waals surface area contributed by atoms with Crippen molar-refractivity contribution in [2.45, 2.75) is 44.2 Å². The topological polar surface area (TPSA) is 72.1 Å². The number of thiophene rings is 1. The van der Waals surface area contributed by atoms with Crippen molar-refractivity contribution < 1.29 is 4.79 Å². The first-order valence-corrected chi connectivity index (χ1v) is 10.9. The van der Waals surface area contributed by atoms with Crippen molar-refractivity contribution in [1.29, 1.82) is 0 Å². The van der Waals surface area contributed by atoms with Crippen LogP contribution in [0.1, 0.15) is 32.1 Å². The summed E-state index contributed by atoms with van der Waals surface area (Å²) in [5.74, 6) is 1.09. The molecular weight excluding hydrogens is 392 g/mol. The van der Waals surface area contributed by atoms with Crippen molar-refractivity contribution in [2.75, 3.05) is 4.90 Å². The summed E-state index contributed by atoms with van der Waals surface area (Å²) in [6.07, 6.45) is 7.09. The second-order valence-electron chi connectivity index (χ2n) is 7.71. The summed E-state index contributed by atoms with van der Waals surface area (Å²) in [5, 5.41) is 3.82. The van der Waals surface area contributed by atoms with E-state index in [9.17, 15) is 4.79 Å². The molecule has 5 nitrogen and oxygen atoms in total. The first-order valence-electron chi connectivity index (χ1n) is 9.69. The van der Waals surface area contributed by atoms with Gasteiger partial charge in [0.1, 0.15) is 23.0 Å². The van der Waals surface area contributed by atoms with Gasteiger partial charge in [0.2, 0.25) is 5.91 Å². The maximum atomic E-state index is 12.3. The number of halogens is 1. The van der Waals surface area contributed by atoms with Gasteiger partial charge in [0, 0.05) is 22.0 Å². The number of benzene rings is 1. The zero-order chi connectivity index (χ0) is 19.3. The van der Waals surface area contributed by atoms with Crippen molar-refractivity contribution in [3.63, 3.8) is 0 Å². The summed E-state index contributed by atoms with van der Waals surface area (Å²) in [4.78, 5) is 24.6. The Labute approximate surface area is 172 Å². The number of nitrogens with zero attached hydrogens (tertiary/aromatic N) is 3. The van der Waals surface area contributed by atoms with Crippen molar-refractivity contribution in [1.82, 2.24) is 9.97 Å². The number of aromatic nitrogens is 2. The monoisotopic (exact) mass is 412 g/mol. The molecule has 3 heterocycles. The van der Waals surface area contributed by atoms with Crippen molar-refractivity contribution in [3.05, 3.63) is 41.0 Å². The Balaban J connectivity index is 1.68. The number of carbonyl (C=O) groups is 1. The quantitative estimate of drug-likeness (QED) is 0.680. The molecule has 1 aliphatic carbocycles. The van der Waals surface area contributed by atoms with Crippen LogP contribution in [0, 0.1) is 5.92 Å². The normalized spacial score (nSPS) is 24.5. The van der Waals surface area contributed by atoms with Gasteiger partial charge in [-0.15, -0.1) is 11.3 Å². The predicted molar refractivity (Wildman–Crippen MR) is 114 cm³/mol. The fourth-order valence-electron chi connectivity index (χ4n) is 4.92. The molecule has 144 valence electrons. The minimum atomic E-state index is -0.302. The van der Waals surface area contributed by atoms with Gasteiger partial charge in [0.25, 0.3) is 0 Å². The fraction of sp³-hybridized carbons (Fsp3) is 0.381. The van der Waals surface area contributed by atoms with Crippen LogP contribution in [0.15, 0.2) is 36.0 Å². The van der Waals surface area contributed by atoms with E-state index in [-0.39, 0.29) is 11.9 Å². The number of carbonyl (C=O) groups excluding carboxylic acids is 1. The SMILES string of the molecule is NC(=O)[C@@H]1C[C@@H]2CCCC[C@@H]2N1c1ncnc2scc(-c3ccc(Cl)cc3)c12. The highest BCUT2D eigenvalue weighted by molar-refractivity contribution is 7.17. The molecule has 1 saturated carbocycles. The van der Waals surface area contributed by atoms with Gasteiger partial charge in [-0.3, -0.25) is 4.79 Å². The van der Waals surface area contributed by atoms with Gasteiger partial charge in [0.05, 0.1) is 5.39 Å². The molecule has 1 amide bonds. The number of hydrogen-bond donors (Lipinski definition) is 1. The van der Waals surface area contributed by atoms with Crippen LogP contribution >= 0.6 is 22.9 Å². The minimum absolute atomic E-state index is 0.260. The molecule has 0 bridgehead atoms. The molecule has 0 radical (unpaired) electrons. The van der Waals surface area contributed by atoms with Gasteiger partial charge in [-0.2, -0.15) is 0 Å². The molecule has 1 saturated heterocycles. The van der Waals surface area contributed by atoms with Crippen LogP contribution < -0.4 is 10.6 Å². The Morgan fingerprint density at radius 3 is 2.75 bits per heavy atom. The lowest BCUT2D eigenvalue weighted by Gasteiger charge is -2.34. The van der Waals surface area contributed by atoms with Gasteiger partial charge in [-0.1, -0.05) is 36.6 Å². The van der Waals surface area contributed by atoms with Crippen LogP contribution in [-0.2, 0) is 4.79 Å². The van der Waals surface area contributed by atoms with E-state index in [4.69, 9.17) is 17.3 Å². The van der Waals surface area contributed by atoms with Crippen LogP contribution in [0.3, 0.4) is 0 Å². The Kier molecular flexibility index (Phi) is 4.48. The number of primary amides is 1. The highest BCUT2D eigenvalue weighted by atomic mass is 35.5. The minimum Gasteiger partial charge on any atom is -0.368 e. The number of rotatable bonds is 3. The van der Waals surface area contributed by atoms with E-state index in [1.54, 1.807) is 17.7 Å². The van der Waals surface area contributed by atoms with E-state index in [1.807, 2.05) is 24.3 Å². The first kappa shape index (κ1) is 17.9. The number of amides is 1. The summed E-state index contributed by atoms with van der Waals surface area (Å²) in [6, 6.07) is 7.83.